The minimum atomic E-state index is -1.09. The smallest absolute Gasteiger partial charge is 0.339 e. The summed E-state index contributed by atoms with van der Waals surface area (Å²) in [5, 5.41) is 12.0. The van der Waals surface area contributed by atoms with Crippen molar-refractivity contribution < 1.29 is 14.3 Å². The molecule has 104 valence electrons. The van der Waals surface area contributed by atoms with E-state index in [1.807, 2.05) is 0 Å². The first-order valence-electron chi connectivity index (χ1n) is 5.74. The highest BCUT2D eigenvalue weighted by atomic mass is 79.9. The molecule has 2 N–H and O–H groups in total. The average Bonchev–Trinajstić information content (AvgIpc) is 2.43. The first kappa shape index (κ1) is 14.5. The predicted octanol–water partition coefficient (Wildman–Crippen LogP) is 2.37. The van der Waals surface area contributed by atoms with Crippen molar-refractivity contribution >= 4 is 21.9 Å². The summed E-state index contributed by atoms with van der Waals surface area (Å²) in [5.41, 5.74) is 0.892. The Kier molecular flexibility index (Phi) is 4.75. The van der Waals surface area contributed by atoms with Crippen LogP contribution in [0.2, 0.25) is 0 Å². The zero-order valence-electron chi connectivity index (χ0n) is 10.3. The Morgan fingerprint density at radius 3 is 2.95 bits per heavy atom. The normalized spacial score (nSPS) is 10.5. The Hall–Kier alpha value is -1.86. The van der Waals surface area contributed by atoms with Gasteiger partial charge in [-0.3, -0.25) is 0 Å². The quantitative estimate of drug-likeness (QED) is 0.874. The molecule has 0 aliphatic carbocycles. The summed E-state index contributed by atoms with van der Waals surface area (Å²) in [7, 11) is 0. The molecule has 2 rings (SSSR count). The van der Waals surface area contributed by atoms with Crippen LogP contribution < -0.4 is 5.32 Å². The highest BCUT2D eigenvalue weighted by Crippen LogP contribution is 2.15. The molecule has 0 saturated heterocycles. The minimum absolute atomic E-state index is 0.0368. The summed E-state index contributed by atoms with van der Waals surface area (Å²) in [6.07, 6.45) is 2.52. The lowest BCUT2D eigenvalue weighted by Crippen LogP contribution is -2.17. The van der Waals surface area contributed by atoms with Crippen molar-refractivity contribution in [1.82, 2.24) is 15.3 Å². The third-order valence-electron chi connectivity index (χ3n) is 2.64. The van der Waals surface area contributed by atoms with Crippen LogP contribution in [-0.4, -0.2) is 21.0 Å². The van der Waals surface area contributed by atoms with E-state index in [-0.39, 0.29) is 24.5 Å². The molecule has 0 atom stereocenters. The van der Waals surface area contributed by atoms with Crippen molar-refractivity contribution in [2.75, 3.05) is 0 Å². The monoisotopic (exact) mass is 339 g/mol. The molecular weight excluding hydrogens is 329 g/mol. The number of carboxylic acid groups (broad SMARTS) is 1. The summed E-state index contributed by atoms with van der Waals surface area (Å²) in [4.78, 5) is 18.6. The highest BCUT2D eigenvalue weighted by molar-refractivity contribution is 9.10. The van der Waals surface area contributed by atoms with Gasteiger partial charge in [-0.1, -0.05) is 15.9 Å². The molecule has 2 aromatic rings. The third kappa shape index (κ3) is 3.58. The lowest BCUT2D eigenvalue weighted by molar-refractivity contribution is 0.0694. The molecule has 0 amide bonds. The zero-order chi connectivity index (χ0) is 14.5. The molecule has 0 spiro atoms. The van der Waals surface area contributed by atoms with Gasteiger partial charge < -0.3 is 10.4 Å². The minimum Gasteiger partial charge on any atom is -0.478 e. The van der Waals surface area contributed by atoms with Crippen LogP contribution in [0.5, 0.6) is 0 Å². The van der Waals surface area contributed by atoms with Crippen molar-refractivity contribution in [3.63, 3.8) is 0 Å². The van der Waals surface area contributed by atoms with Crippen molar-refractivity contribution in [2.24, 2.45) is 0 Å². The topological polar surface area (TPSA) is 75.1 Å². The number of aromatic nitrogens is 2. The molecule has 0 fully saturated rings. The average molecular weight is 340 g/mol. The number of hydrogen-bond acceptors (Lipinski definition) is 4. The molecule has 1 heterocycles. The van der Waals surface area contributed by atoms with E-state index in [1.165, 1.54) is 18.6 Å². The summed E-state index contributed by atoms with van der Waals surface area (Å²) < 4.78 is 14.3. The van der Waals surface area contributed by atoms with Crippen LogP contribution in [0.25, 0.3) is 0 Å². The van der Waals surface area contributed by atoms with E-state index in [0.29, 0.717) is 11.3 Å². The number of rotatable bonds is 5. The van der Waals surface area contributed by atoms with Crippen LogP contribution >= 0.6 is 15.9 Å². The van der Waals surface area contributed by atoms with Gasteiger partial charge in [-0.2, -0.15) is 0 Å². The van der Waals surface area contributed by atoms with Crippen LogP contribution in [-0.2, 0) is 13.1 Å². The van der Waals surface area contributed by atoms with Gasteiger partial charge in [0.2, 0.25) is 0 Å². The van der Waals surface area contributed by atoms with Crippen LogP contribution in [0.4, 0.5) is 4.39 Å². The van der Waals surface area contributed by atoms with E-state index in [1.54, 1.807) is 12.1 Å². The van der Waals surface area contributed by atoms with Crippen molar-refractivity contribution in [1.29, 1.82) is 0 Å². The van der Waals surface area contributed by atoms with Gasteiger partial charge in [-0.05, 0) is 18.2 Å². The lowest BCUT2D eigenvalue weighted by atomic mass is 10.2. The van der Waals surface area contributed by atoms with E-state index in [0.717, 1.165) is 4.47 Å². The molecule has 20 heavy (non-hydrogen) atoms. The molecule has 0 bridgehead atoms. The molecule has 0 aliphatic rings. The summed E-state index contributed by atoms with van der Waals surface area (Å²) in [6.45, 7) is 0.491. The second kappa shape index (κ2) is 6.53. The fraction of sp³-hybridized carbons (Fsp3) is 0.154. The summed E-state index contributed by atoms with van der Waals surface area (Å²) in [6, 6.07) is 4.65. The van der Waals surface area contributed by atoms with Crippen LogP contribution in [0.15, 0.2) is 35.2 Å². The maximum absolute atomic E-state index is 13.5. The van der Waals surface area contributed by atoms with E-state index in [2.05, 4.69) is 31.2 Å². The molecule has 1 aromatic heterocycles. The fourth-order valence-corrected chi connectivity index (χ4v) is 2.08. The van der Waals surface area contributed by atoms with E-state index in [4.69, 9.17) is 5.11 Å². The van der Waals surface area contributed by atoms with Crippen molar-refractivity contribution in [3.05, 3.63) is 57.8 Å². The molecule has 5 nitrogen and oxygen atoms in total. The second-order valence-corrected chi connectivity index (χ2v) is 4.94. The maximum atomic E-state index is 13.5. The van der Waals surface area contributed by atoms with Crippen molar-refractivity contribution in [3.8, 4) is 0 Å². The van der Waals surface area contributed by atoms with Gasteiger partial charge in [0.1, 0.15) is 17.7 Å². The van der Waals surface area contributed by atoms with Gasteiger partial charge >= 0.3 is 5.97 Å². The Bertz CT molecular complexity index is 637. The largest absolute Gasteiger partial charge is 0.478 e. The first-order chi connectivity index (χ1) is 9.58. The van der Waals surface area contributed by atoms with Crippen LogP contribution in [0.3, 0.4) is 0 Å². The molecule has 0 saturated carbocycles. The highest BCUT2D eigenvalue weighted by Gasteiger charge is 2.11. The number of nitrogens with zero attached hydrogens (tertiary/aromatic N) is 2. The van der Waals surface area contributed by atoms with Gasteiger partial charge in [-0.25, -0.2) is 19.2 Å². The molecule has 1 aromatic carbocycles. The molecule has 0 unspecified atom stereocenters. The Morgan fingerprint density at radius 2 is 2.20 bits per heavy atom. The molecule has 0 aliphatic heterocycles. The number of halogens is 2. The van der Waals surface area contributed by atoms with E-state index >= 15 is 0 Å². The predicted molar refractivity (Wildman–Crippen MR) is 73.6 cm³/mol. The number of nitrogens with one attached hydrogen (secondary N) is 1. The fourth-order valence-electron chi connectivity index (χ4n) is 1.67. The number of aromatic carboxylic acids is 1. The first-order valence-corrected chi connectivity index (χ1v) is 6.54. The Balaban J connectivity index is 2.03. The van der Waals surface area contributed by atoms with Gasteiger partial charge in [0.25, 0.3) is 0 Å². The van der Waals surface area contributed by atoms with Gasteiger partial charge in [-0.15, -0.1) is 0 Å². The van der Waals surface area contributed by atoms with Gasteiger partial charge in [0.15, 0.2) is 0 Å². The van der Waals surface area contributed by atoms with Crippen molar-refractivity contribution in [2.45, 2.75) is 13.1 Å². The van der Waals surface area contributed by atoms with Gasteiger partial charge in [0.05, 0.1) is 5.69 Å². The number of carboxylic acids is 1. The standard InChI is InChI=1S/C13H11BrFN3O2/c14-9-1-2-11(15)8(3-9)4-16-6-12-10(13(19)20)5-17-7-18-12/h1-3,5,7,16H,4,6H2,(H,19,20). The molecular formula is C13H11BrFN3O2. The zero-order valence-corrected chi connectivity index (χ0v) is 11.9. The second-order valence-electron chi connectivity index (χ2n) is 4.03. The maximum Gasteiger partial charge on any atom is 0.339 e. The van der Waals surface area contributed by atoms with E-state index < -0.39 is 5.97 Å². The van der Waals surface area contributed by atoms with Crippen LogP contribution in [0.1, 0.15) is 21.6 Å². The lowest BCUT2D eigenvalue weighted by Gasteiger charge is -2.07. The summed E-state index contributed by atoms with van der Waals surface area (Å²) in [5.74, 6) is -1.40. The van der Waals surface area contributed by atoms with Crippen LogP contribution in [0, 0.1) is 5.82 Å². The Morgan fingerprint density at radius 1 is 1.40 bits per heavy atom. The third-order valence-corrected chi connectivity index (χ3v) is 3.13. The van der Waals surface area contributed by atoms with E-state index in [9.17, 15) is 9.18 Å². The SMILES string of the molecule is O=C(O)c1cncnc1CNCc1cc(Br)ccc1F. The molecule has 0 radical (unpaired) electrons. The number of benzene rings is 1. The Labute approximate surface area is 123 Å². The number of hydrogen-bond donors (Lipinski definition) is 2. The number of carbonyl (C=O) groups is 1. The summed E-state index contributed by atoms with van der Waals surface area (Å²) >= 11 is 3.27. The molecule has 7 heteroatoms. The van der Waals surface area contributed by atoms with Gasteiger partial charge in [0, 0.05) is 29.3 Å².